The maximum Gasteiger partial charge on any atom is 0.224 e. The second-order valence-electron chi connectivity index (χ2n) is 4.05. The van der Waals surface area contributed by atoms with Gasteiger partial charge in [0, 0.05) is 12.2 Å². The molecule has 1 aliphatic carbocycles. The van der Waals surface area contributed by atoms with Crippen LogP contribution in [0.15, 0.2) is 12.3 Å². The molecule has 0 amide bonds. The molecule has 5 heteroatoms. The smallest absolute Gasteiger partial charge is 0.224 e. The molecule has 5 nitrogen and oxygen atoms in total. The number of aromatic nitrogens is 2. The monoisotopic (exact) mass is 217 g/mol. The molecule has 1 aliphatic rings. The third-order valence-corrected chi connectivity index (χ3v) is 3.05. The Labute approximate surface area is 94.7 Å². The van der Waals surface area contributed by atoms with Crippen molar-refractivity contribution in [3.63, 3.8) is 0 Å². The van der Waals surface area contributed by atoms with Gasteiger partial charge in [-0.2, -0.15) is 5.26 Å². The molecule has 0 bridgehead atoms. The third kappa shape index (κ3) is 2.28. The zero-order valence-corrected chi connectivity index (χ0v) is 9.06. The summed E-state index contributed by atoms with van der Waals surface area (Å²) in [6.07, 6.45) is 5.05. The van der Waals surface area contributed by atoms with Gasteiger partial charge in [0.15, 0.2) is 0 Å². The van der Waals surface area contributed by atoms with Gasteiger partial charge in [-0.15, -0.1) is 0 Å². The van der Waals surface area contributed by atoms with Crippen LogP contribution in [0.2, 0.25) is 0 Å². The van der Waals surface area contributed by atoms with Crippen molar-refractivity contribution in [2.45, 2.75) is 25.3 Å². The number of nitriles is 1. The average Bonchev–Trinajstić information content (AvgIpc) is 2.76. The summed E-state index contributed by atoms with van der Waals surface area (Å²) in [5, 5.41) is 12.0. The zero-order chi connectivity index (χ0) is 11.4. The summed E-state index contributed by atoms with van der Waals surface area (Å²) in [6, 6.07) is 3.95. The third-order valence-electron chi connectivity index (χ3n) is 3.05. The summed E-state index contributed by atoms with van der Waals surface area (Å²) in [4.78, 5) is 8.20. The van der Waals surface area contributed by atoms with Crippen LogP contribution >= 0.6 is 0 Å². The fraction of sp³-hybridized carbons (Fsp3) is 0.545. The highest BCUT2D eigenvalue weighted by molar-refractivity contribution is 5.31. The molecule has 0 aromatic carbocycles. The van der Waals surface area contributed by atoms with Gasteiger partial charge in [0.2, 0.25) is 5.95 Å². The molecule has 0 radical (unpaired) electrons. The fourth-order valence-electron chi connectivity index (χ4n) is 2.17. The van der Waals surface area contributed by atoms with Crippen LogP contribution in [0.25, 0.3) is 0 Å². The fourth-order valence-corrected chi connectivity index (χ4v) is 2.17. The van der Waals surface area contributed by atoms with Gasteiger partial charge in [0.25, 0.3) is 0 Å². The van der Waals surface area contributed by atoms with Crippen LogP contribution in [0, 0.1) is 17.2 Å². The predicted octanol–water partition coefficient (Wildman–Crippen LogP) is 0.888. The molecule has 16 heavy (non-hydrogen) atoms. The van der Waals surface area contributed by atoms with E-state index in [1.54, 1.807) is 12.3 Å². The lowest BCUT2D eigenvalue weighted by molar-refractivity contribution is 0.514. The van der Waals surface area contributed by atoms with E-state index in [0.29, 0.717) is 30.1 Å². The van der Waals surface area contributed by atoms with Gasteiger partial charge in [-0.1, -0.05) is 6.42 Å². The molecule has 84 valence electrons. The van der Waals surface area contributed by atoms with Crippen molar-refractivity contribution in [2.75, 3.05) is 11.9 Å². The lowest BCUT2D eigenvalue weighted by atomic mass is 10.0. The maximum atomic E-state index is 8.73. The van der Waals surface area contributed by atoms with Crippen molar-refractivity contribution in [1.82, 2.24) is 9.97 Å². The largest absolute Gasteiger partial charge is 0.351 e. The van der Waals surface area contributed by atoms with E-state index in [9.17, 15) is 0 Å². The molecule has 3 N–H and O–H groups in total. The van der Waals surface area contributed by atoms with E-state index in [2.05, 4.69) is 15.3 Å². The molecule has 0 aliphatic heterocycles. The quantitative estimate of drug-likeness (QED) is 0.785. The minimum atomic E-state index is 0.346. The molecular weight excluding hydrogens is 202 g/mol. The first-order valence-corrected chi connectivity index (χ1v) is 5.53. The molecule has 0 saturated heterocycles. The van der Waals surface area contributed by atoms with Crippen LogP contribution in [-0.2, 0) is 0 Å². The number of nitrogens with zero attached hydrogens (tertiary/aromatic N) is 3. The summed E-state index contributed by atoms with van der Waals surface area (Å²) in [5.74, 6) is 1.03. The summed E-state index contributed by atoms with van der Waals surface area (Å²) < 4.78 is 0. The van der Waals surface area contributed by atoms with Crippen LogP contribution < -0.4 is 11.1 Å². The summed E-state index contributed by atoms with van der Waals surface area (Å²) in [5.41, 5.74) is 6.09. The van der Waals surface area contributed by atoms with E-state index in [1.807, 2.05) is 6.07 Å². The van der Waals surface area contributed by atoms with Crippen LogP contribution in [0.4, 0.5) is 5.95 Å². The first-order chi connectivity index (χ1) is 7.83. The highest BCUT2D eigenvalue weighted by Gasteiger charge is 2.26. The van der Waals surface area contributed by atoms with E-state index in [4.69, 9.17) is 11.0 Å². The van der Waals surface area contributed by atoms with Crippen molar-refractivity contribution in [1.29, 1.82) is 5.26 Å². The molecule has 2 atom stereocenters. The number of rotatable bonds is 3. The van der Waals surface area contributed by atoms with Crippen LogP contribution in [0.5, 0.6) is 0 Å². The molecule has 1 fully saturated rings. The minimum absolute atomic E-state index is 0.346. The van der Waals surface area contributed by atoms with Crippen LogP contribution in [0.3, 0.4) is 0 Å². The maximum absolute atomic E-state index is 8.73. The zero-order valence-electron chi connectivity index (χ0n) is 9.06. The molecular formula is C11H15N5. The molecule has 1 aromatic rings. The summed E-state index contributed by atoms with van der Waals surface area (Å²) in [7, 11) is 0. The number of hydrogen-bond donors (Lipinski definition) is 2. The van der Waals surface area contributed by atoms with E-state index >= 15 is 0 Å². The number of nitrogens with two attached hydrogens (primary N) is 1. The topological polar surface area (TPSA) is 87.6 Å². The van der Waals surface area contributed by atoms with Crippen molar-refractivity contribution in [3.8, 4) is 6.07 Å². The highest BCUT2D eigenvalue weighted by Crippen LogP contribution is 2.26. The molecule has 1 saturated carbocycles. The molecule has 1 heterocycles. The molecule has 0 spiro atoms. The summed E-state index contributed by atoms with van der Waals surface area (Å²) in [6.45, 7) is 0.690. The Hall–Kier alpha value is -1.67. The lowest BCUT2D eigenvalue weighted by Crippen LogP contribution is -2.30. The Morgan fingerprint density at radius 3 is 3.19 bits per heavy atom. The van der Waals surface area contributed by atoms with Gasteiger partial charge in [-0.05, 0) is 31.4 Å². The van der Waals surface area contributed by atoms with Crippen LogP contribution in [0.1, 0.15) is 25.0 Å². The second kappa shape index (κ2) is 4.90. The SMILES string of the molecule is N#Cc1ccnc(NC2CCCC2CN)n1. The van der Waals surface area contributed by atoms with E-state index in [1.165, 1.54) is 6.42 Å². The Kier molecular flexibility index (Phi) is 3.32. The van der Waals surface area contributed by atoms with Crippen molar-refractivity contribution < 1.29 is 0 Å². The van der Waals surface area contributed by atoms with Gasteiger partial charge in [0.1, 0.15) is 11.8 Å². The Morgan fingerprint density at radius 1 is 1.56 bits per heavy atom. The standard InChI is InChI=1S/C11H15N5/c12-6-8-2-1-3-10(8)16-11-14-5-4-9(7-13)15-11/h4-5,8,10H,1-3,6,12H2,(H,14,15,16). The first-order valence-electron chi connectivity index (χ1n) is 5.53. The summed E-state index contributed by atoms with van der Waals surface area (Å²) >= 11 is 0. The van der Waals surface area contributed by atoms with Gasteiger partial charge < -0.3 is 11.1 Å². The van der Waals surface area contributed by atoms with Gasteiger partial charge in [-0.3, -0.25) is 0 Å². The van der Waals surface area contributed by atoms with Crippen LogP contribution in [-0.4, -0.2) is 22.6 Å². The minimum Gasteiger partial charge on any atom is -0.351 e. The van der Waals surface area contributed by atoms with E-state index < -0.39 is 0 Å². The first kappa shape index (κ1) is 10.8. The Bertz CT molecular complexity index is 398. The number of anilines is 1. The Morgan fingerprint density at radius 2 is 2.44 bits per heavy atom. The van der Waals surface area contributed by atoms with Gasteiger partial charge in [-0.25, -0.2) is 9.97 Å². The van der Waals surface area contributed by atoms with Gasteiger partial charge >= 0.3 is 0 Å². The van der Waals surface area contributed by atoms with E-state index in [-0.39, 0.29) is 0 Å². The lowest BCUT2D eigenvalue weighted by Gasteiger charge is -2.19. The number of hydrogen-bond acceptors (Lipinski definition) is 5. The highest BCUT2D eigenvalue weighted by atomic mass is 15.1. The molecule has 2 rings (SSSR count). The average molecular weight is 217 g/mol. The van der Waals surface area contributed by atoms with Crippen molar-refractivity contribution >= 4 is 5.95 Å². The number of nitrogens with one attached hydrogen (secondary N) is 1. The van der Waals surface area contributed by atoms with Crippen molar-refractivity contribution in [2.24, 2.45) is 11.7 Å². The van der Waals surface area contributed by atoms with Gasteiger partial charge in [0.05, 0.1) is 0 Å². The molecule has 2 unspecified atom stereocenters. The molecule has 1 aromatic heterocycles. The predicted molar refractivity (Wildman–Crippen MR) is 60.6 cm³/mol. The van der Waals surface area contributed by atoms with Crippen molar-refractivity contribution in [3.05, 3.63) is 18.0 Å². The Balaban J connectivity index is 2.06. The normalized spacial score (nSPS) is 24.0. The second-order valence-corrected chi connectivity index (χ2v) is 4.05. The van der Waals surface area contributed by atoms with E-state index in [0.717, 1.165) is 12.8 Å².